The maximum Gasteiger partial charge on any atom is 0.138 e. The fourth-order valence-corrected chi connectivity index (χ4v) is 2.72. The molecule has 0 amide bonds. The van der Waals surface area contributed by atoms with Crippen LogP contribution in [0.15, 0.2) is 28.7 Å². The zero-order valence-electron chi connectivity index (χ0n) is 9.28. The molecular weight excluding hydrogens is 280 g/mol. The van der Waals surface area contributed by atoms with Gasteiger partial charge in [-0.1, -0.05) is 34.1 Å². The summed E-state index contributed by atoms with van der Waals surface area (Å²) in [6.45, 7) is 0. The predicted molar refractivity (Wildman–Crippen MR) is 69.8 cm³/mol. The number of hydrogen-bond acceptors (Lipinski definition) is 2. The highest BCUT2D eigenvalue weighted by atomic mass is 79.9. The Kier molecular flexibility index (Phi) is 2.76. The first kappa shape index (κ1) is 11.0. The highest BCUT2D eigenvalue weighted by Gasteiger charge is 2.21. The smallest absolute Gasteiger partial charge is 0.138 e. The molecule has 3 nitrogen and oxygen atoms in total. The first-order chi connectivity index (χ1) is 8.24. The molecule has 2 aromatic rings. The third-order valence-corrected chi connectivity index (χ3v) is 3.84. The number of benzene rings is 1. The number of halogens is 1. The highest BCUT2D eigenvalue weighted by Crippen LogP contribution is 2.28. The van der Waals surface area contributed by atoms with Gasteiger partial charge in [-0.15, -0.1) is 0 Å². The van der Waals surface area contributed by atoms with E-state index in [1.165, 1.54) is 0 Å². The van der Waals surface area contributed by atoms with E-state index in [0.717, 1.165) is 40.1 Å². The molecule has 3 rings (SSSR count). The van der Waals surface area contributed by atoms with E-state index in [9.17, 15) is 5.11 Å². The van der Waals surface area contributed by atoms with Crippen molar-refractivity contribution in [1.29, 1.82) is 0 Å². The minimum Gasteiger partial charge on any atom is -0.393 e. The lowest BCUT2D eigenvalue weighted by atomic mass is 9.99. The summed E-state index contributed by atoms with van der Waals surface area (Å²) in [4.78, 5) is 7.94. The second-order valence-electron chi connectivity index (χ2n) is 4.39. The molecule has 0 radical (unpaired) electrons. The Morgan fingerprint density at radius 1 is 1.35 bits per heavy atom. The van der Waals surface area contributed by atoms with Gasteiger partial charge in [0, 0.05) is 22.2 Å². The van der Waals surface area contributed by atoms with Crippen LogP contribution in [-0.2, 0) is 12.8 Å². The lowest BCUT2D eigenvalue weighted by Crippen LogP contribution is -2.18. The van der Waals surface area contributed by atoms with Gasteiger partial charge in [0.15, 0.2) is 0 Å². The number of aryl methyl sites for hydroxylation is 1. The lowest BCUT2D eigenvalue weighted by molar-refractivity contribution is 0.157. The van der Waals surface area contributed by atoms with Gasteiger partial charge in [0.1, 0.15) is 5.82 Å². The molecular formula is C13H13BrN2O. The Hall–Kier alpha value is -1.13. The van der Waals surface area contributed by atoms with Crippen LogP contribution in [0.25, 0.3) is 11.4 Å². The van der Waals surface area contributed by atoms with Crippen LogP contribution < -0.4 is 0 Å². The molecule has 0 aliphatic heterocycles. The number of H-pyrrole nitrogens is 1. The van der Waals surface area contributed by atoms with E-state index in [1.54, 1.807) is 0 Å². The molecule has 1 aromatic heterocycles. The lowest BCUT2D eigenvalue weighted by Gasteiger charge is -2.14. The Morgan fingerprint density at radius 3 is 3.00 bits per heavy atom. The van der Waals surface area contributed by atoms with E-state index in [4.69, 9.17) is 0 Å². The number of nitrogens with one attached hydrogen (secondary N) is 1. The van der Waals surface area contributed by atoms with Crippen LogP contribution >= 0.6 is 15.9 Å². The van der Waals surface area contributed by atoms with Crippen LogP contribution in [0.2, 0.25) is 0 Å². The third kappa shape index (κ3) is 2.03. The maximum absolute atomic E-state index is 9.63. The van der Waals surface area contributed by atoms with Crippen molar-refractivity contribution >= 4 is 15.9 Å². The number of aromatic amines is 1. The van der Waals surface area contributed by atoms with E-state index in [1.807, 2.05) is 24.3 Å². The largest absolute Gasteiger partial charge is 0.393 e. The van der Waals surface area contributed by atoms with Crippen molar-refractivity contribution in [2.75, 3.05) is 0 Å². The molecule has 2 N–H and O–H groups in total. The number of aliphatic hydroxyl groups excluding tert-OH is 1. The molecule has 88 valence electrons. The second kappa shape index (κ2) is 4.27. The van der Waals surface area contributed by atoms with E-state index in [2.05, 4.69) is 25.9 Å². The molecule has 1 aromatic carbocycles. The van der Waals surface area contributed by atoms with Crippen LogP contribution in [0, 0.1) is 0 Å². The van der Waals surface area contributed by atoms with Gasteiger partial charge in [0.25, 0.3) is 0 Å². The van der Waals surface area contributed by atoms with Crippen molar-refractivity contribution in [2.24, 2.45) is 0 Å². The monoisotopic (exact) mass is 292 g/mol. The summed E-state index contributed by atoms with van der Waals surface area (Å²) in [6, 6.07) is 8.02. The molecule has 0 fully saturated rings. The van der Waals surface area contributed by atoms with E-state index in [-0.39, 0.29) is 6.10 Å². The predicted octanol–water partition coefficient (Wildman–Crippen LogP) is 2.69. The summed E-state index contributed by atoms with van der Waals surface area (Å²) < 4.78 is 1.03. The van der Waals surface area contributed by atoms with Crippen molar-refractivity contribution in [3.63, 3.8) is 0 Å². The van der Waals surface area contributed by atoms with Crippen LogP contribution in [-0.4, -0.2) is 21.2 Å². The molecule has 1 heterocycles. The van der Waals surface area contributed by atoms with Gasteiger partial charge in [-0.05, 0) is 18.9 Å². The summed E-state index contributed by atoms with van der Waals surface area (Å²) >= 11 is 3.53. The van der Waals surface area contributed by atoms with Gasteiger partial charge in [-0.25, -0.2) is 4.98 Å². The number of fused-ring (bicyclic) bond motifs is 1. The number of hydrogen-bond donors (Lipinski definition) is 2. The summed E-state index contributed by atoms with van der Waals surface area (Å²) in [6.07, 6.45) is 2.13. The standard InChI is InChI=1S/C13H13BrN2O/c14-10-4-2-1-3-9(10)13-15-11-6-5-8(17)7-12(11)16-13/h1-4,8,17H,5-7H2,(H,15,16). The maximum atomic E-state index is 9.63. The average Bonchev–Trinajstić information content (AvgIpc) is 2.72. The molecule has 1 unspecified atom stereocenters. The fourth-order valence-electron chi connectivity index (χ4n) is 2.24. The van der Waals surface area contributed by atoms with Gasteiger partial charge in [-0.3, -0.25) is 0 Å². The van der Waals surface area contributed by atoms with Crippen molar-refractivity contribution in [3.8, 4) is 11.4 Å². The van der Waals surface area contributed by atoms with Crippen LogP contribution in [0.5, 0.6) is 0 Å². The van der Waals surface area contributed by atoms with Gasteiger partial charge in [0.05, 0.1) is 11.8 Å². The highest BCUT2D eigenvalue weighted by molar-refractivity contribution is 9.10. The first-order valence-corrected chi connectivity index (χ1v) is 6.54. The Morgan fingerprint density at radius 2 is 2.18 bits per heavy atom. The summed E-state index contributed by atoms with van der Waals surface area (Å²) in [5.74, 6) is 0.886. The average molecular weight is 293 g/mol. The molecule has 1 aliphatic rings. The summed E-state index contributed by atoms with van der Waals surface area (Å²) in [7, 11) is 0. The van der Waals surface area contributed by atoms with Crippen LogP contribution in [0.1, 0.15) is 17.8 Å². The molecule has 0 saturated carbocycles. The number of imidazole rings is 1. The Labute approximate surface area is 108 Å². The summed E-state index contributed by atoms with van der Waals surface area (Å²) in [5.41, 5.74) is 3.24. The molecule has 1 aliphatic carbocycles. The first-order valence-electron chi connectivity index (χ1n) is 5.75. The van der Waals surface area contributed by atoms with Crippen LogP contribution in [0.3, 0.4) is 0 Å². The minimum absolute atomic E-state index is 0.227. The van der Waals surface area contributed by atoms with Crippen molar-refractivity contribution in [3.05, 3.63) is 40.1 Å². The van der Waals surface area contributed by atoms with Crippen molar-refractivity contribution in [2.45, 2.75) is 25.4 Å². The SMILES string of the molecule is OC1CCc2nc(-c3ccccc3Br)[nH]c2C1. The zero-order valence-corrected chi connectivity index (χ0v) is 10.9. The van der Waals surface area contributed by atoms with Crippen molar-refractivity contribution in [1.82, 2.24) is 9.97 Å². The molecule has 0 spiro atoms. The van der Waals surface area contributed by atoms with E-state index >= 15 is 0 Å². The number of rotatable bonds is 1. The third-order valence-electron chi connectivity index (χ3n) is 3.15. The number of aromatic nitrogens is 2. The molecule has 0 bridgehead atoms. The molecule has 0 saturated heterocycles. The number of nitrogens with zero attached hydrogens (tertiary/aromatic N) is 1. The molecule has 4 heteroatoms. The Bertz CT molecular complexity index is 550. The molecule has 1 atom stereocenters. The van der Waals surface area contributed by atoms with E-state index in [0.29, 0.717) is 6.42 Å². The van der Waals surface area contributed by atoms with Gasteiger partial charge < -0.3 is 10.1 Å². The number of aliphatic hydroxyl groups is 1. The normalized spacial score (nSPS) is 19.1. The quantitative estimate of drug-likeness (QED) is 0.849. The topological polar surface area (TPSA) is 48.9 Å². The van der Waals surface area contributed by atoms with Crippen molar-refractivity contribution < 1.29 is 5.11 Å². The van der Waals surface area contributed by atoms with Gasteiger partial charge in [0.2, 0.25) is 0 Å². The van der Waals surface area contributed by atoms with Gasteiger partial charge >= 0.3 is 0 Å². The summed E-state index contributed by atoms with van der Waals surface area (Å²) in [5, 5.41) is 9.63. The van der Waals surface area contributed by atoms with E-state index < -0.39 is 0 Å². The fraction of sp³-hybridized carbons (Fsp3) is 0.308. The Balaban J connectivity index is 2.03. The second-order valence-corrected chi connectivity index (χ2v) is 5.24. The van der Waals surface area contributed by atoms with Gasteiger partial charge in [-0.2, -0.15) is 0 Å². The minimum atomic E-state index is -0.227. The zero-order chi connectivity index (χ0) is 11.8. The molecule has 17 heavy (non-hydrogen) atoms. The van der Waals surface area contributed by atoms with Crippen LogP contribution in [0.4, 0.5) is 0 Å².